The molecule has 0 aliphatic heterocycles. The van der Waals surface area contributed by atoms with Crippen LogP contribution in [0.4, 0.5) is 0 Å². The number of amides is 1. The predicted octanol–water partition coefficient (Wildman–Crippen LogP) is 6.06. The van der Waals surface area contributed by atoms with Gasteiger partial charge in [-0.05, 0) is 26.3 Å². The Balaban J connectivity index is 0. The molecule has 0 saturated carbocycles. The van der Waals surface area contributed by atoms with Crippen molar-refractivity contribution in [3.8, 4) is 0 Å². The average molecular weight is 387 g/mol. The molecule has 0 radical (unpaired) electrons. The molecule has 0 bridgehead atoms. The third-order valence-corrected chi connectivity index (χ3v) is 4.72. The van der Waals surface area contributed by atoms with E-state index in [4.69, 9.17) is 10.8 Å². The van der Waals surface area contributed by atoms with Crippen LogP contribution in [0.2, 0.25) is 0 Å². The minimum absolute atomic E-state index is 0.153. The van der Waals surface area contributed by atoms with E-state index in [1.807, 2.05) is 0 Å². The summed E-state index contributed by atoms with van der Waals surface area (Å²) >= 11 is 0. The van der Waals surface area contributed by atoms with E-state index < -0.39 is 0 Å². The van der Waals surface area contributed by atoms with Crippen LogP contribution in [-0.2, 0) is 4.79 Å². The molecule has 1 unspecified atom stereocenters. The van der Waals surface area contributed by atoms with Crippen LogP contribution in [0.3, 0.4) is 0 Å². The summed E-state index contributed by atoms with van der Waals surface area (Å²) in [7, 11) is 0. The summed E-state index contributed by atoms with van der Waals surface area (Å²) in [4.78, 5) is 10.6. The van der Waals surface area contributed by atoms with E-state index in [1.165, 1.54) is 89.9 Å². The molecule has 0 rings (SSSR count). The van der Waals surface area contributed by atoms with Gasteiger partial charge < -0.3 is 10.8 Å². The summed E-state index contributed by atoms with van der Waals surface area (Å²) in [5.74, 6) is -0.153. The fourth-order valence-corrected chi connectivity index (χ4v) is 3.02. The Kier molecular flexibility index (Phi) is 26.9. The highest BCUT2D eigenvalue weighted by Crippen LogP contribution is 2.13. The van der Waals surface area contributed by atoms with Crippen molar-refractivity contribution in [1.29, 1.82) is 0 Å². The summed E-state index contributed by atoms with van der Waals surface area (Å²) in [5.41, 5.74) is 5.11. The number of hydrogen-bond acceptors (Lipinski definition) is 3. The van der Waals surface area contributed by atoms with Crippen LogP contribution in [0, 0.1) is 0 Å². The second kappa shape index (κ2) is 25.4. The van der Waals surface area contributed by atoms with E-state index in [0.29, 0.717) is 6.42 Å². The molecule has 0 aromatic carbocycles. The number of aliphatic hydroxyl groups excluding tert-OH is 1. The van der Waals surface area contributed by atoms with Gasteiger partial charge in [-0.3, -0.25) is 10.1 Å². The lowest BCUT2D eigenvalue weighted by Crippen LogP contribution is -2.25. The van der Waals surface area contributed by atoms with Crippen LogP contribution in [0.25, 0.3) is 0 Å². The molecule has 4 nitrogen and oxygen atoms in total. The van der Waals surface area contributed by atoms with Crippen LogP contribution in [0.15, 0.2) is 0 Å². The zero-order valence-electron chi connectivity index (χ0n) is 18.7. The fourth-order valence-electron chi connectivity index (χ4n) is 3.02. The smallest absolute Gasteiger partial charge is 0.217 e. The van der Waals surface area contributed by atoms with Crippen LogP contribution >= 0.6 is 0 Å². The monoisotopic (exact) mass is 386 g/mol. The number of carbonyl (C=O) groups is 1. The molecule has 4 heteroatoms. The topological polar surface area (TPSA) is 75.4 Å². The number of primary amides is 1. The number of rotatable bonds is 19. The normalized spacial score (nSPS) is 11.7. The Morgan fingerprint density at radius 2 is 1.11 bits per heavy atom. The fraction of sp³-hybridized carbons (Fsp3) is 0.957. The highest BCUT2D eigenvalue weighted by atomic mass is 16.3. The van der Waals surface area contributed by atoms with Gasteiger partial charge in [0.1, 0.15) is 6.23 Å². The van der Waals surface area contributed by atoms with Crippen molar-refractivity contribution in [3.63, 3.8) is 0 Å². The van der Waals surface area contributed by atoms with Crippen molar-refractivity contribution < 1.29 is 9.90 Å². The predicted molar refractivity (Wildman–Crippen MR) is 119 cm³/mol. The maximum Gasteiger partial charge on any atom is 0.217 e. The zero-order valence-corrected chi connectivity index (χ0v) is 18.7. The van der Waals surface area contributed by atoms with E-state index in [1.54, 1.807) is 6.92 Å². The number of unbranched alkanes of at least 4 members (excludes halogenated alkanes) is 14. The van der Waals surface area contributed by atoms with Crippen molar-refractivity contribution in [2.24, 2.45) is 5.73 Å². The maximum atomic E-state index is 10.6. The van der Waals surface area contributed by atoms with Crippen molar-refractivity contribution in [2.75, 3.05) is 6.54 Å². The lowest BCUT2D eigenvalue weighted by molar-refractivity contribution is -0.118. The standard InChI is InChI=1S/C18H37NO.C5H13NO/c1-2-3-4-5-6-7-8-9-10-11-12-13-14-15-16-17-18(19)20;1-3-4-6-5(2)7/h2-17H2,1H3,(H2,19,20);5-7H,3-4H2,1-2H3. The van der Waals surface area contributed by atoms with Gasteiger partial charge in [0.25, 0.3) is 0 Å². The second-order valence-corrected chi connectivity index (χ2v) is 7.80. The summed E-state index contributed by atoms with van der Waals surface area (Å²) in [6, 6.07) is 0. The van der Waals surface area contributed by atoms with Crippen LogP contribution in [0.5, 0.6) is 0 Å². The highest BCUT2D eigenvalue weighted by molar-refractivity contribution is 5.73. The first kappa shape index (κ1) is 28.6. The molecule has 0 fully saturated rings. The van der Waals surface area contributed by atoms with Gasteiger partial charge >= 0.3 is 0 Å². The summed E-state index contributed by atoms with van der Waals surface area (Å²) < 4.78 is 0. The van der Waals surface area contributed by atoms with Gasteiger partial charge in [0.05, 0.1) is 0 Å². The van der Waals surface area contributed by atoms with Crippen molar-refractivity contribution in [1.82, 2.24) is 5.32 Å². The third kappa shape index (κ3) is 33.4. The highest BCUT2D eigenvalue weighted by Gasteiger charge is 1.96. The number of hydrogen-bond donors (Lipinski definition) is 3. The first-order chi connectivity index (χ1) is 13.0. The van der Waals surface area contributed by atoms with Gasteiger partial charge in [-0.15, -0.1) is 0 Å². The second-order valence-electron chi connectivity index (χ2n) is 7.80. The molecular formula is C23H50N2O2. The number of nitrogens with one attached hydrogen (secondary N) is 1. The molecule has 27 heavy (non-hydrogen) atoms. The minimum Gasteiger partial charge on any atom is -0.379 e. The third-order valence-electron chi connectivity index (χ3n) is 4.72. The molecule has 0 aromatic rings. The van der Waals surface area contributed by atoms with Crippen LogP contribution < -0.4 is 11.1 Å². The first-order valence-corrected chi connectivity index (χ1v) is 11.7. The lowest BCUT2D eigenvalue weighted by Gasteiger charge is -2.03. The van der Waals surface area contributed by atoms with Crippen molar-refractivity contribution in [2.45, 2.75) is 136 Å². The number of carbonyl (C=O) groups excluding carboxylic acids is 1. The van der Waals surface area contributed by atoms with Gasteiger partial charge in [-0.2, -0.15) is 0 Å². The molecule has 1 atom stereocenters. The summed E-state index contributed by atoms with van der Waals surface area (Å²) in [5, 5.41) is 11.4. The van der Waals surface area contributed by atoms with Crippen molar-refractivity contribution in [3.05, 3.63) is 0 Å². The lowest BCUT2D eigenvalue weighted by atomic mass is 10.0. The molecular weight excluding hydrogens is 336 g/mol. The zero-order chi connectivity index (χ0) is 20.6. The Morgan fingerprint density at radius 3 is 1.37 bits per heavy atom. The van der Waals surface area contributed by atoms with Gasteiger partial charge in [-0.1, -0.05) is 104 Å². The Labute approximate surface area is 170 Å². The Hall–Kier alpha value is -0.610. The average Bonchev–Trinajstić information content (AvgIpc) is 2.63. The first-order valence-electron chi connectivity index (χ1n) is 11.7. The van der Waals surface area contributed by atoms with Crippen molar-refractivity contribution >= 4 is 5.91 Å². The molecule has 0 saturated heterocycles. The summed E-state index contributed by atoms with van der Waals surface area (Å²) in [6.07, 6.45) is 21.6. The van der Waals surface area contributed by atoms with E-state index in [2.05, 4.69) is 19.2 Å². The van der Waals surface area contributed by atoms with Gasteiger partial charge in [0, 0.05) is 6.42 Å². The molecule has 0 aliphatic rings. The Morgan fingerprint density at radius 1 is 0.741 bits per heavy atom. The van der Waals surface area contributed by atoms with E-state index in [-0.39, 0.29) is 12.1 Å². The SMILES string of the molecule is CCCCCCCCCCCCCCCCCC(N)=O.CCCNC(C)O. The van der Waals surface area contributed by atoms with Gasteiger partial charge in [0.2, 0.25) is 5.91 Å². The van der Waals surface area contributed by atoms with E-state index >= 15 is 0 Å². The largest absolute Gasteiger partial charge is 0.379 e. The van der Waals surface area contributed by atoms with Crippen LogP contribution in [-0.4, -0.2) is 23.8 Å². The van der Waals surface area contributed by atoms with Crippen LogP contribution in [0.1, 0.15) is 130 Å². The number of nitrogens with two attached hydrogens (primary N) is 1. The summed E-state index contributed by atoms with van der Waals surface area (Å²) in [6.45, 7) is 6.96. The molecule has 0 spiro atoms. The number of aliphatic hydroxyl groups is 1. The van der Waals surface area contributed by atoms with Gasteiger partial charge in [-0.25, -0.2) is 0 Å². The molecule has 0 aromatic heterocycles. The minimum atomic E-state index is -0.347. The molecule has 0 aliphatic carbocycles. The van der Waals surface area contributed by atoms with E-state index in [0.717, 1.165) is 19.4 Å². The molecule has 1 amide bonds. The van der Waals surface area contributed by atoms with Gasteiger partial charge in [0.15, 0.2) is 0 Å². The maximum absolute atomic E-state index is 10.6. The molecule has 0 heterocycles. The Bertz CT molecular complexity index is 284. The van der Waals surface area contributed by atoms with E-state index in [9.17, 15) is 4.79 Å². The molecule has 164 valence electrons. The molecule has 4 N–H and O–H groups in total. The quantitative estimate of drug-likeness (QED) is 0.187.